The first-order valence-electron chi connectivity index (χ1n) is 9.25. The molecule has 1 unspecified atom stereocenters. The second-order valence-corrected chi connectivity index (χ2v) is 8.92. The molecule has 0 saturated heterocycles. The Labute approximate surface area is 172 Å². The molecule has 1 heterocycles. The quantitative estimate of drug-likeness (QED) is 0.282. The molecule has 0 aliphatic rings. The van der Waals surface area contributed by atoms with Crippen LogP contribution < -0.4 is 14.9 Å². The standard InChI is InChI=1S/C21H30N4O2S/c1-14(2)15-8-10-16(11-9-15)25-22-13-17(21(3,4)5)28-20-23-18(26-6)12-19(24-20)27-7/h8-14,17,25H,1-7H3/b22-13+. The van der Waals surface area contributed by atoms with Gasteiger partial charge in [0.15, 0.2) is 5.16 Å². The van der Waals surface area contributed by atoms with Crippen LogP contribution in [0.2, 0.25) is 0 Å². The van der Waals surface area contributed by atoms with Crippen molar-refractivity contribution < 1.29 is 9.47 Å². The number of nitrogens with zero attached hydrogens (tertiary/aromatic N) is 3. The van der Waals surface area contributed by atoms with Crippen LogP contribution in [0, 0.1) is 5.41 Å². The summed E-state index contributed by atoms with van der Waals surface area (Å²) in [4.78, 5) is 8.83. The van der Waals surface area contributed by atoms with Gasteiger partial charge in [-0.2, -0.15) is 15.1 Å². The molecule has 0 amide bonds. The first-order chi connectivity index (χ1) is 13.2. The van der Waals surface area contributed by atoms with E-state index in [1.54, 1.807) is 20.3 Å². The van der Waals surface area contributed by atoms with Gasteiger partial charge < -0.3 is 9.47 Å². The molecule has 152 valence electrons. The van der Waals surface area contributed by atoms with E-state index in [-0.39, 0.29) is 10.7 Å². The van der Waals surface area contributed by atoms with Crippen LogP contribution in [0.15, 0.2) is 40.6 Å². The number of rotatable bonds is 8. The molecule has 2 aromatic rings. The average molecular weight is 403 g/mol. The van der Waals surface area contributed by atoms with Crippen LogP contribution in [-0.4, -0.2) is 35.7 Å². The molecule has 2 rings (SSSR count). The lowest BCUT2D eigenvalue weighted by Crippen LogP contribution is -2.25. The van der Waals surface area contributed by atoms with Gasteiger partial charge in [-0.25, -0.2) is 0 Å². The van der Waals surface area contributed by atoms with Crippen molar-refractivity contribution >= 4 is 23.7 Å². The summed E-state index contributed by atoms with van der Waals surface area (Å²) in [7, 11) is 3.15. The molecular weight excluding hydrogens is 372 g/mol. The van der Waals surface area contributed by atoms with Crippen LogP contribution in [0.4, 0.5) is 5.69 Å². The zero-order chi connectivity index (χ0) is 20.7. The molecule has 6 nitrogen and oxygen atoms in total. The third-order valence-corrected chi connectivity index (χ3v) is 5.62. The molecule has 0 spiro atoms. The van der Waals surface area contributed by atoms with E-state index in [0.717, 1.165) is 5.69 Å². The number of benzene rings is 1. The molecule has 0 aliphatic heterocycles. The van der Waals surface area contributed by atoms with E-state index >= 15 is 0 Å². The van der Waals surface area contributed by atoms with Crippen molar-refractivity contribution in [3.8, 4) is 11.8 Å². The molecular formula is C21H30N4O2S. The number of hydrazone groups is 1. The van der Waals surface area contributed by atoms with Gasteiger partial charge in [0, 0.05) is 6.21 Å². The summed E-state index contributed by atoms with van der Waals surface area (Å²) >= 11 is 1.52. The lowest BCUT2D eigenvalue weighted by molar-refractivity contribution is 0.364. The zero-order valence-corrected chi connectivity index (χ0v) is 18.5. The molecule has 1 aromatic heterocycles. The number of ether oxygens (including phenoxy) is 2. The fraction of sp³-hybridized carbons (Fsp3) is 0.476. The molecule has 0 aliphatic carbocycles. The van der Waals surface area contributed by atoms with Crippen LogP contribution in [-0.2, 0) is 0 Å². The number of nitrogens with one attached hydrogen (secondary N) is 1. The number of hydrogen-bond acceptors (Lipinski definition) is 7. The molecule has 28 heavy (non-hydrogen) atoms. The van der Waals surface area contributed by atoms with Crippen molar-refractivity contribution in [1.29, 1.82) is 0 Å². The highest BCUT2D eigenvalue weighted by Gasteiger charge is 2.26. The summed E-state index contributed by atoms with van der Waals surface area (Å²) in [5.74, 6) is 1.46. The highest BCUT2D eigenvalue weighted by atomic mass is 32.2. The van der Waals surface area contributed by atoms with Crippen molar-refractivity contribution in [2.24, 2.45) is 10.5 Å². The van der Waals surface area contributed by atoms with Crippen molar-refractivity contribution in [2.45, 2.75) is 50.9 Å². The Balaban J connectivity index is 2.12. The predicted octanol–water partition coefficient (Wildman–Crippen LogP) is 5.22. The Morgan fingerprint density at radius 2 is 1.61 bits per heavy atom. The number of methoxy groups -OCH3 is 2. The van der Waals surface area contributed by atoms with Gasteiger partial charge in [0.2, 0.25) is 11.8 Å². The normalized spacial score (nSPS) is 13.0. The van der Waals surface area contributed by atoms with Crippen LogP contribution in [0.3, 0.4) is 0 Å². The van der Waals surface area contributed by atoms with Crippen LogP contribution in [0.1, 0.15) is 46.1 Å². The molecule has 7 heteroatoms. The maximum Gasteiger partial charge on any atom is 0.220 e. The smallest absolute Gasteiger partial charge is 0.220 e. The summed E-state index contributed by atoms with van der Waals surface area (Å²) in [6.07, 6.45) is 1.90. The molecule has 1 atom stereocenters. The van der Waals surface area contributed by atoms with E-state index < -0.39 is 0 Å². The minimum absolute atomic E-state index is 0.0446. The van der Waals surface area contributed by atoms with Gasteiger partial charge in [-0.05, 0) is 29.0 Å². The van der Waals surface area contributed by atoms with Gasteiger partial charge >= 0.3 is 0 Å². The van der Waals surface area contributed by atoms with E-state index in [2.05, 4.69) is 67.2 Å². The molecule has 1 N–H and O–H groups in total. The van der Waals surface area contributed by atoms with Crippen molar-refractivity contribution in [2.75, 3.05) is 19.6 Å². The highest BCUT2D eigenvalue weighted by Crippen LogP contribution is 2.34. The molecule has 0 saturated carbocycles. The fourth-order valence-electron chi connectivity index (χ4n) is 2.31. The first kappa shape index (κ1) is 22.0. The zero-order valence-electron chi connectivity index (χ0n) is 17.7. The van der Waals surface area contributed by atoms with E-state index in [0.29, 0.717) is 22.8 Å². The van der Waals surface area contributed by atoms with Crippen molar-refractivity contribution in [1.82, 2.24) is 9.97 Å². The second kappa shape index (κ2) is 9.78. The monoisotopic (exact) mass is 402 g/mol. The van der Waals surface area contributed by atoms with Gasteiger partial charge in [0.1, 0.15) is 0 Å². The van der Waals surface area contributed by atoms with Gasteiger partial charge in [0.25, 0.3) is 0 Å². The summed E-state index contributed by atoms with van der Waals surface area (Å²) in [5, 5.41) is 5.09. The molecule has 0 bridgehead atoms. The van der Waals surface area contributed by atoms with Crippen LogP contribution in [0.25, 0.3) is 0 Å². The van der Waals surface area contributed by atoms with E-state index in [1.807, 2.05) is 18.3 Å². The van der Waals surface area contributed by atoms with Gasteiger partial charge in [-0.1, -0.05) is 58.5 Å². The van der Waals surface area contributed by atoms with Crippen LogP contribution >= 0.6 is 11.8 Å². The maximum atomic E-state index is 5.24. The largest absolute Gasteiger partial charge is 0.481 e. The number of aromatic nitrogens is 2. The first-order valence-corrected chi connectivity index (χ1v) is 10.1. The van der Waals surface area contributed by atoms with Crippen molar-refractivity contribution in [3.63, 3.8) is 0 Å². The average Bonchev–Trinajstić information content (AvgIpc) is 2.66. The minimum atomic E-state index is -0.0446. The minimum Gasteiger partial charge on any atom is -0.481 e. The Hall–Kier alpha value is -2.28. The Morgan fingerprint density at radius 1 is 1.04 bits per heavy atom. The Kier molecular flexibility index (Phi) is 7.69. The van der Waals surface area contributed by atoms with Gasteiger partial charge in [-0.15, -0.1) is 0 Å². The lowest BCUT2D eigenvalue weighted by atomic mass is 9.92. The van der Waals surface area contributed by atoms with Gasteiger partial charge in [0.05, 0.1) is 31.2 Å². The summed E-state index contributed by atoms with van der Waals surface area (Å²) in [5.41, 5.74) is 5.33. The third kappa shape index (κ3) is 6.41. The lowest BCUT2D eigenvalue weighted by Gasteiger charge is -2.26. The number of anilines is 1. The van der Waals surface area contributed by atoms with Gasteiger partial charge in [-0.3, -0.25) is 5.43 Å². The second-order valence-electron chi connectivity index (χ2n) is 7.81. The Bertz CT molecular complexity index is 764. The van der Waals surface area contributed by atoms with Crippen molar-refractivity contribution in [3.05, 3.63) is 35.9 Å². The SMILES string of the molecule is COc1cc(OC)nc(SC(/C=N/Nc2ccc(C(C)C)cc2)C(C)(C)C)n1. The highest BCUT2D eigenvalue weighted by molar-refractivity contribution is 8.00. The van der Waals surface area contributed by atoms with E-state index in [9.17, 15) is 0 Å². The predicted molar refractivity (Wildman–Crippen MR) is 117 cm³/mol. The Morgan fingerprint density at radius 3 is 2.07 bits per heavy atom. The molecule has 0 fully saturated rings. The summed E-state index contributed by atoms with van der Waals surface area (Å²) in [6.45, 7) is 10.8. The fourth-order valence-corrected chi connectivity index (χ4v) is 3.30. The molecule has 1 aromatic carbocycles. The number of thioether (sulfide) groups is 1. The summed E-state index contributed by atoms with van der Waals surface area (Å²) < 4.78 is 10.5. The third-order valence-electron chi connectivity index (χ3n) is 4.14. The topological polar surface area (TPSA) is 68.6 Å². The van der Waals surface area contributed by atoms with Crippen LogP contribution in [0.5, 0.6) is 11.8 Å². The summed E-state index contributed by atoms with van der Waals surface area (Å²) in [6, 6.07) is 9.99. The van der Waals surface area contributed by atoms with E-state index in [1.165, 1.54) is 17.3 Å². The van der Waals surface area contributed by atoms with E-state index in [4.69, 9.17) is 9.47 Å². The molecule has 0 radical (unpaired) electrons. The maximum absolute atomic E-state index is 5.24. The number of hydrogen-bond donors (Lipinski definition) is 1.